The highest BCUT2D eigenvalue weighted by atomic mass is 32.2. The SMILES string of the molecule is CCNc1nc(SCC(=O)N(CC#N)c2ccccc2)nc2ccccc12. The summed E-state index contributed by atoms with van der Waals surface area (Å²) in [6, 6.07) is 19.0. The summed E-state index contributed by atoms with van der Waals surface area (Å²) in [5.74, 6) is 0.755. The van der Waals surface area contributed by atoms with E-state index in [1.807, 2.05) is 67.6 Å². The number of thioether (sulfide) groups is 1. The van der Waals surface area contributed by atoms with Gasteiger partial charge in [-0.25, -0.2) is 9.97 Å². The Bertz CT molecular complexity index is 971. The highest BCUT2D eigenvalue weighted by Gasteiger charge is 2.17. The van der Waals surface area contributed by atoms with Crippen LogP contribution in [0.4, 0.5) is 11.5 Å². The van der Waals surface area contributed by atoms with Crippen LogP contribution in [-0.2, 0) is 4.79 Å². The fourth-order valence-electron chi connectivity index (χ4n) is 2.63. The summed E-state index contributed by atoms with van der Waals surface area (Å²) in [7, 11) is 0. The second-order valence-corrected chi connectivity index (χ2v) is 6.61. The van der Waals surface area contributed by atoms with E-state index in [1.54, 1.807) is 0 Å². The van der Waals surface area contributed by atoms with E-state index in [2.05, 4.69) is 15.3 Å². The maximum atomic E-state index is 12.7. The summed E-state index contributed by atoms with van der Waals surface area (Å²) < 4.78 is 0. The van der Waals surface area contributed by atoms with Crippen LogP contribution in [0.25, 0.3) is 10.9 Å². The van der Waals surface area contributed by atoms with E-state index in [9.17, 15) is 4.79 Å². The first-order valence-electron chi connectivity index (χ1n) is 8.58. The lowest BCUT2D eigenvalue weighted by molar-refractivity contribution is -0.116. The Morgan fingerprint density at radius 3 is 2.63 bits per heavy atom. The van der Waals surface area contributed by atoms with Gasteiger partial charge in [-0.15, -0.1) is 0 Å². The standard InChI is InChI=1S/C20H19N5OS/c1-2-22-19-16-10-6-7-11-17(16)23-20(24-19)27-14-18(26)25(13-12-21)15-8-4-3-5-9-15/h3-11H,2,13-14H2,1H3,(H,22,23,24). The molecule has 0 saturated heterocycles. The van der Waals surface area contributed by atoms with E-state index < -0.39 is 0 Å². The zero-order valence-corrected chi connectivity index (χ0v) is 15.7. The monoisotopic (exact) mass is 377 g/mol. The maximum absolute atomic E-state index is 12.7. The number of para-hydroxylation sites is 2. The molecule has 7 heteroatoms. The van der Waals surface area contributed by atoms with Gasteiger partial charge in [-0.3, -0.25) is 9.69 Å². The highest BCUT2D eigenvalue weighted by molar-refractivity contribution is 7.99. The van der Waals surface area contributed by atoms with Crippen LogP contribution in [0.2, 0.25) is 0 Å². The van der Waals surface area contributed by atoms with Crippen LogP contribution in [0.5, 0.6) is 0 Å². The summed E-state index contributed by atoms with van der Waals surface area (Å²) in [5, 5.41) is 13.8. The van der Waals surface area contributed by atoms with Crippen molar-refractivity contribution in [1.82, 2.24) is 9.97 Å². The molecule has 0 fully saturated rings. The quantitative estimate of drug-likeness (QED) is 0.384. The van der Waals surface area contributed by atoms with Crippen LogP contribution in [0.15, 0.2) is 59.8 Å². The molecule has 3 aromatic rings. The first-order valence-corrected chi connectivity index (χ1v) is 9.57. The minimum absolute atomic E-state index is 0.00459. The molecule has 0 spiro atoms. The summed E-state index contributed by atoms with van der Waals surface area (Å²) in [4.78, 5) is 23.2. The van der Waals surface area contributed by atoms with Gasteiger partial charge in [-0.2, -0.15) is 5.26 Å². The molecule has 3 rings (SSSR count). The van der Waals surface area contributed by atoms with Crippen molar-refractivity contribution >= 4 is 40.1 Å². The van der Waals surface area contributed by atoms with Gasteiger partial charge in [0.2, 0.25) is 5.91 Å². The minimum Gasteiger partial charge on any atom is -0.370 e. The Morgan fingerprint density at radius 1 is 1.15 bits per heavy atom. The molecule has 0 unspecified atom stereocenters. The van der Waals surface area contributed by atoms with Crippen LogP contribution in [0, 0.1) is 11.3 Å². The third-order valence-electron chi connectivity index (χ3n) is 3.85. The van der Waals surface area contributed by atoms with Crippen molar-refractivity contribution in [3.05, 3.63) is 54.6 Å². The summed E-state index contributed by atoms with van der Waals surface area (Å²) in [6.45, 7) is 2.76. The number of anilines is 2. The molecule has 0 bridgehead atoms. The first-order chi connectivity index (χ1) is 13.2. The molecule has 0 saturated carbocycles. The fraction of sp³-hybridized carbons (Fsp3) is 0.200. The van der Waals surface area contributed by atoms with Crippen LogP contribution in [0.3, 0.4) is 0 Å². The van der Waals surface area contributed by atoms with Gasteiger partial charge in [0.05, 0.1) is 17.3 Å². The number of amides is 1. The Labute approximate surface area is 162 Å². The van der Waals surface area contributed by atoms with Gasteiger partial charge >= 0.3 is 0 Å². The van der Waals surface area contributed by atoms with Crippen LogP contribution in [-0.4, -0.2) is 34.7 Å². The molecule has 27 heavy (non-hydrogen) atoms. The van der Waals surface area contributed by atoms with Crippen molar-refractivity contribution < 1.29 is 4.79 Å². The summed E-state index contributed by atoms with van der Waals surface area (Å²) in [5.41, 5.74) is 1.53. The number of hydrogen-bond donors (Lipinski definition) is 1. The Morgan fingerprint density at radius 2 is 1.89 bits per heavy atom. The minimum atomic E-state index is -0.158. The Hall–Kier alpha value is -3.11. The van der Waals surface area contributed by atoms with E-state index in [1.165, 1.54) is 16.7 Å². The van der Waals surface area contributed by atoms with Gasteiger partial charge in [0, 0.05) is 17.6 Å². The van der Waals surface area contributed by atoms with Crippen LogP contribution in [0.1, 0.15) is 6.92 Å². The zero-order valence-electron chi connectivity index (χ0n) is 14.9. The summed E-state index contributed by atoms with van der Waals surface area (Å²) in [6.07, 6.45) is 0. The third kappa shape index (κ3) is 4.54. The van der Waals surface area contributed by atoms with E-state index >= 15 is 0 Å². The van der Waals surface area contributed by atoms with Crippen molar-refractivity contribution in [1.29, 1.82) is 5.26 Å². The number of nitrogens with zero attached hydrogens (tertiary/aromatic N) is 4. The number of fused-ring (bicyclic) bond motifs is 1. The lowest BCUT2D eigenvalue weighted by atomic mass is 10.2. The fourth-order valence-corrected chi connectivity index (χ4v) is 3.36. The number of hydrogen-bond acceptors (Lipinski definition) is 6. The van der Waals surface area contributed by atoms with E-state index in [0.29, 0.717) is 10.8 Å². The number of carbonyl (C=O) groups is 1. The lowest BCUT2D eigenvalue weighted by Gasteiger charge is -2.19. The van der Waals surface area contributed by atoms with Crippen molar-refractivity contribution in [3.8, 4) is 6.07 Å². The zero-order chi connectivity index (χ0) is 19.1. The van der Waals surface area contributed by atoms with Crippen molar-refractivity contribution in [2.75, 3.05) is 29.1 Å². The molecular weight excluding hydrogens is 358 g/mol. The van der Waals surface area contributed by atoms with Gasteiger partial charge in [0.25, 0.3) is 0 Å². The molecule has 0 aliphatic rings. The van der Waals surface area contributed by atoms with Gasteiger partial charge in [-0.05, 0) is 31.2 Å². The molecular formula is C20H19N5OS. The molecule has 1 N–H and O–H groups in total. The van der Waals surface area contributed by atoms with Gasteiger partial charge in [-0.1, -0.05) is 42.1 Å². The lowest BCUT2D eigenvalue weighted by Crippen LogP contribution is -2.32. The number of aromatic nitrogens is 2. The number of carbonyl (C=O) groups excluding carboxylic acids is 1. The molecule has 2 aromatic carbocycles. The number of nitrogens with one attached hydrogen (secondary N) is 1. The molecule has 0 aliphatic heterocycles. The van der Waals surface area contributed by atoms with Crippen LogP contribution >= 0.6 is 11.8 Å². The molecule has 0 aliphatic carbocycles. The van der Waals surface area contributed by atoms with Crippen molar-refractivity contribution in [2.45, 2.75) is 12.1 Å². The van der Waals surface area contributed by atoms with Crippen molar-refractivity contribution in [3.63, 3.8) is 0 Å². The largest absolute Gasteiger partial charge is 0.370 e. The first kappa shape index (κ1) is 18.7. The normalized spacial score (nSPS) is 10.4. The van der Waals surface area contributed by atoms with Gasteiger partial charge in [0.1, 0.15) is 12.4 Å². The molecule has 1 heterocycles. The molecule has 1 amide bonds. The number of rotatable bonds is 7. The van der Waals surface area contributed by atoms with Crippen molar-refractivity contribution in [2.24, 2.45) is 0 Å². The Kier molecular flexibility index (Phi) is 6.23. The topological polar surface area (TPSA) is 81.9 Å². The number of benzene rings is 2. The molecule has 1 aromatic heterocycles. The van der Waals surface area contributed by atoms with Gasteiger partial charge < -0.3 is 5.32 Å². The van der Waals surface area contributed by atoms with Crippen LogP contribution < -0.4 is 10.2 Å². The second kappa shape index (κ2) is 9.01. The van der Waals surface area contributed by atoms with E-state index in [0.717, 1.165) is 23.3 Å². The van der Waals surface area contributed by atoms with Gasteiger partial charge in [0.15, 0.2) is 5.16 Å². The average Bonchev–Trinajstić information content (AvgIpc) is 2.71. The Balaban J connectivity index is 1.79. The predicted octanol–water partition coefficient (Wildman–Crippen LogP) is 3.71. The molecule has 136 valence electrons. The van der Waals surface area contributed by atoms with E-state index in [-0.39, 0.29) is 18.2 Å². The maximum Gasteiger partial charge on any atom is 0.238 e. The smallest absolute Gasteiger partial charge is 0.238 e. The second-order valence-electron chi connectivity index (χ2n) is 5.66. The number of nitriles is 1. The third-order valence-corrected chi connectivity index (χ3v) is 4.68. The predicted molar refractivity (Wildman–Crippen MR) is 109 cm³/mol. The molecule has 0 atom stereocenters. The molecule has 6 nitrogen and oxygen atoms in total. The summed E-state index contributed by atoms with van der Waals surface area (Å²) >= 11 is 1.27. The average molecular weight is 377 g/mol. The highest BCUT2D eigenvalue weighted by Crippen LogP contribution is 2.25. The van der Waals surface area contributed by atoms with E-state index in [4.69, 9.17) is 5.26 Å². The molecule has 0 radical (unpaired) electrons.